The fourth-order valence-electron chi connectivity index (χ4n) is 5.10. The Bertz CT molecular complexity index is 1130. The Balaban J connectivity index is 0.00000172. The van der Waals surface area contributed by atoms with Crippen LogP contribution < -0.4 is 4.31 Å². The van der Waals surface area contributed by atoms with Gasteiger partial charge in [-0.1, -0.05) is 55.8 Å². The molecule has 2 saturated heterocycles. The molecule has 0 bridgehead atoms. The molecule has 5 rings (SSSR count). The van der Waals surface area contributed by atoms with Crippen molar-refractivity contribution in [3.05, 3.63) is 64.7 Å². The summed E-state index contributed by atoms with van der Waals surface area (Å²) in [5.74, 6) is 0. The van der Waals surface area contributed by atoms with Crippen molar-refractivity contribution in [2.24, 2.45) is 10.2 Å². The monoisotopic (exact) mass is 575 g/mol. The van der Waals surface area contributed by atoms with Crippen LogP contribution in [0.5, 0.6) is 0 Å². The number of nitrogens with zero attached hydrogens (tertiary/aromatic N) is 5. The predicted octanol–water partition coefficient (Wildman–Crippen LogP) is 7.39. The van der Waals surface area contributed by atoms with E-state index in [9.17, 15) is 8.78 Å². The van der Waals surface area contributed by atoms with Gasteiger partial charge < -0.3 is 4.31 Å². The Labute approximate surface area is 241 Å². The van der Waals surface area contributed by atoms with Crippen LogP contribution in [-0.4, -0.2) is 71.2 Å². The standard InChI is InChI=1S/C28H34ClF2N5S.C2H6/c1-19(2)35-17-24(18-35)34-12-10-25(11-13-34)37-36(23-5-3-4-22(29)14-23)16-20-6-8-21(9-7-20)26-15-27(28(30)31)33-32-26;1-2/h3-9,14,19,24-25,28H,10-13,15-18H2,1-2H3;1-2H3. The second-order valence-corrected chi connectivity index (χ2v) is 12.1. The van der Waals surface area contributed by atoms with Crippen LogP contribution in [0.3, 0.4) is 0 Å². The first-order valence-electron chi connectivity index (χ1n) is 14.0. The largest absolute Gasteiger partial charge is 0.312 e. The van der Waals surface area contributed by atoms with E-state index in [1.165, 1.54) is 25.9 Å². The molecule has 9 heteroatoms. The molecule has 0 radical (unpaired) electrons. The number of anilines is 1. The van der Waals surface area contributed by atoms with Gasteiger partial charge in [0.2, 0.25) is 0 Å². The van der Waals surface area contributed by atoms with Crippen LogP contribution in [0.15, 0.2) is 58.7 Å². The Hall–Kier alpha value is -2.00. The maximum atomic E-state index is 12.9. The third-order valence-corrected chi connectivity index (χ3v) is 9.10. The zero-order chi connectivity index (χ0) is 27.9. The highest BCUT2D eigenvalue weighted by atomic mass is 35.5. The van der Waals surface area contributed by atoms with E-state index in [1.807, 2.05) is 56.1 Å². The number of piperidine rings is 1. The fraction of sp³-hybridized carbons (Fsp3) is 0.533. The van der Waals surface area contributed by atoms with E-state index in [1.54, 1.807) is 0 Å². The smallest absolute Gasteiger partial charge is 0.278 e. The second kappa shape index (κ2) is 14.1. The van der Waals surface area contributed by atoms with Crippen LogP contribution in [0.2, 0.25) is 5.02 Å². The van der Waals surface area contributed by atoms with E-state index in [0.29, 0.717) is 23.0 Å². The highest BCUT2D eigenvalue weighted by Crippen LogP contribution is 2.35. The SMILES string of the molecule is CC.CC(C)N1CC(N2CCC(SN(Cc3ccc(C4=NN=C(C(F)F)C4)cc3)c3cccc(Cl)c3)CC2)C1. The minimum atomic E-state index is -2.56. The molecule has 0 saturated carbocycles. The molecule has 3 aliphatic heterocycles. The van der Waals surface area contributed by atoms with Crippen LogP contribution in [0.1, 0.15) is 58.1 Å². The van der Waals surface area contributed by atoms with Crippen LogP contribution >= 0.6 is 23.5 Å². The molecule has 3 heterocycles. The van der Waals surface area contributed by atoms with E-state index in [2.05, 4.69) is 56.4 Å². The molecule has 2 aromatic rings. The van der Waals surface area contributed by atoms with Crippen molar-refractivity contribution in [1.29, 1.82) is 0 Å². The molecular weight excluding hydrogens is 536 g/mol. The summed E-state index contributed by atoms with van der Waals surface area (Å²) in [5.41, 5.74) is 3.50. The lowest BCUT2D eigenvalue weighted by Crippen LogP contribution is -2.62. The number of halogens is 3. The first-order valence-corrected chi connectivity index (χ1v) is 15.3. The van der Waals surface area contributed by atoms with Gasteiger partial charge >= 0.3 is 0 Å². The average molecular weight is 576 g/mol. The van der Waals surface area contributed by atoms with Gasteiger partial charge in [-0.3, -0.25) is 9.80 Å². The summed E-state index contributed by atoms with van der Waals surface area (Å²) in [7, 11) is 0. The number of rotatable bonds is 9. The van der Waals surface area contributed by atoms with E-state index in [4.69, 9.17) is 11.6 Å². The summed E-state index contributed by atoms with van der Waals surface area (Å²) in [5, 5.41) is 8.88. The Morgan fingerprint density at radius 2 is 1.72 bits per heavy atom. The Kier molecular flexibility index (Phi) is 10.8. The maximum Gasteiger partial charge on any atom is 0.278 e. The molecule has 3 aliphatic rings. The quantitative estimate of drug-likeness (QED) is 0.292. The fourth-order valence-corrected chi connectivity index (χ4v) is 6.53. The molecule has 0 aliphatic carbocycles. The minimum Gasteiger partial charge on any atom is -0.312 e. The topological polar surface area (TPSA) is 34.4 Å². The number of hydrogen-bond acceptors (Lipinski definition) is 6. The highest BCUT2D eigenvalue weighted by Gasteiger charge is 2.35. The van der Waals surface area contributed by atoms with Crippen molar-refractivity contribution in [2.45, 2.75) is 77.3 Å². The lowest BCUT2D eigenvalue weighted by atomic mass is 10.0. The predicted molar refractivity (Wildman–Crippen MR) is 163 cm³/mol. The number of benzene rings is 2. The number of alkyl halides is 2. The van der Waals surface area contributed by atoms with Crippen molar-refractivity contribution in [1.82, 2.24) is 9.80 Å². The van der Waals surface area contributed by atoms with E-state index < -0.39 is 6.43 Å². The summed E-state index contributed by atoms with van der Waals surface area (Å²) in [6.45, 7) is 14.0. The van der Waals surface area contributed by atoms with Crippen LogP contribution in [0.4, 0.5) is 14.5 Å². The lowest BCUT2D eigenvalue weighted by molar-refractivity contribution is 0.00610. The third-order valence-electron chi connectivity index (χ3n) is 7.50. The van der Waals surface area contributed by atoms with Gasteiger partial charge in [0.15, 0.2) is 0 Å². The third kappa shape index (κ3) is 7.81. The molecule has 39 heavy (non-hydrogen) atoms. The van der Waals surface area contributed by atoms with E-state index in [0.717, 1.165) is 41.5 Å². The van der Waals surface area contributed by atoms with Crippen LogP contribution in [0, 0.1) is 0 Å². The molecular formula is C30H40ClF2N5S. The van der Waals surface area contributed by atoms with Gasteiger partial charge in [0.25, 0.3) is 6.43 Å². The van der Waals surface area contributed by atoms with Crippen molar-refractivity contribution >= 4 is 40.7 Å². The lowest BCUT2D eigenvalue weighted by Gasteiger charge is -2.49. The van der Waals surface area contributed by atoms with Gasteiger partial charge in [-0.05, 0) is 81.1 Å². The molecule has 0 amide bonds. The van der Waals surface area contributed by atoms with Crippen molar-refractivity contribution in [3.63, 3.8) is 0 Å². The van der Waals surface area contributed by atoms with E-state index in [-0.39, 0.29) is 12.1 Å². The molecule has 0 N–H and O–H groups in total. The maximum absolute atomic E-state index is 12.9. The van der Waals surface area contributed by atoms with Gasteiger partial charge in [0.1, 0.15) is 5.71 Å². The van der Waals surface area contributed by atoms with Gasteiger partial charge in [-0.25, -0.2) is 8.78 Å². The van der Waals surface area contributed by atoms with Gasteiger partial charge in [-0.15, -0.1) is 0 Å². The van der Waals surface area contributed by atoms with Crippen LogP contribution in [0.25, 0.3) is 0 Å². The van der Waals surface area contributed by atoms with Crippen molar-refractivity contribution in [3.8, 4) is 0 Å². The molecule has 5 nitrogen and oxygen atoms in total. The highest BCUT2D eigenvalue weighted by molar-refractivity contribution is 8.01. The molecule has 0 aromatic heterocycles. The Morgan fingerprint density at radius 1 is 1.03 bits per heavy atom. The molecule has 0 unspecified atom stereocenters. The zero-order valence-electron chi connectivity index (χ0n) is 23.4. The van der Waals surface area contributed by atoms with Gasteiger partial charge in [-0.2, -0.15) is 10.2 Å². The summed E-state index contributed by atoms with van der Waals surface area (Å²) < 4.78 is 28.2. The first-order chi connectivity index (χ1) is 18.9. The van der Waals surface area contributed by atoms with Gasteiger partial charge in [0, 0.05) is 47.6 Å². The summed E-state index contributed by atoms with van der Waals surface area (Å²) in [6, 6.07) is 17.4. The normalized spacial score (nSPS) is 19.0. The van der Waals surface area contributed by atoms with E-state index >= 15 is 0 Å². The minimum absolute atomic E-state index is 0.108. The van der Waals surface area contributed by atoms with Crippen molar-refractivity contribution in [2.75, 3.05) is 30.5 Å². The average Bonchev–Trinajstić information content (AvgIpc) is 3.41. The van der Waals surface area contributed by atoms with Crippen LogP contribution in [-0.2, 0) is 6.54 Å². The zero-order valence-corrected chi connectivity index (χ0v) is 24.9. The Morgan fingerprint density at radius 3 is 2.31 bits per heavy atom. The molecule has 212 valence electrons. The molecule has 0 spiro atoms. The first kappa shape index (κ1) is 30.0. The second-order valence-electron chi connectivity index (χ2n) is 10.4. The number of likely N-dealkylation sites (tertiary alicyclic amines) is 2. The molecule has 2 fully saturated rings. The molecule has 0 atom stereocenters. The summed E-state index contributed by atoms with van der Waals surface area (Å²) >= 11 is 8.26. The van der Waals surface area contributed by atoms with Crippen molar-refractivity contribution < 1.29 is 8.78 Å². The molecule has 2 aromatic carbocycles. The summed E-state index contributed by atoms with van der Waals surface area (Å²) in [4.78, 5) is 5.22. The van der Waals surface area contributed by atoms with Gasteiger partial charge in [0.05, 0.1) is 12.3 Å². The summed E-state index contributed by atoms with van der Waals surface area (Å²) in [6.07, 6.45) is -0.105. The number of hydrogen-bond donors (Lipinski definition) is 0.